The van der Waals surface area contributed by atoms with E-state index in [0.717, 1.165) is 18.4 Å². The Morgan fingerprint density at radius 3 is 2.79 bits per heavy atom. The first-order valence-electron chi connectivity index (χ1n) is 8.47. The minimum absolute atomic E-state index is 0.134. The van der Waals surface area contributed by atoms with Crippen molar-refractivity contribution >= 4 is 17.7 Å². The van der Waals surface area contributed by atoms with Crippen LogP contribution in [0.2, 0.25) is 0 Å². The van der Waals surface area contributed by atoms with Crippen LogP contribution >= 0.6 is 0 Å². The van der Waals surface area contributed by atoms with Crippen LogP contribution in [0, 0.1) is 0 Å². The van der Waals surface area contributed by atoms with Crippen LogP contribution in [0.5, 0.6) is 0 Å². The number of amides is 2. The first-order valence-corrected chi connectivity index (χ1v) is 8.47. The maximum Gasteiger partial charge on any atom is 0.422 e. The smallest absolute Gasteiger partial charge is 0.422 e. The molecule has 2 amide bonds. The highest BCUT2D eigenvalue weighted by molar-refractivity contribution is 5.91. The standard InChI is InChI=1S/C16H17F3N6O3/c17-16(18,19)9-28-15(27)20-7-6-13(26)21-11-3-1-2-10(8-11)14-22-23-24-25(14)12-4-5-12/h1-3,8,12H,4-7,9H2,(H,20,27)(H,21,26). The summed E-state index contributed by atoms with van der Waals surface area (Å²) in [5.41, 5.74) is 1.25. The first-order chi connectivity index (χ1) is 13.3. The summed E-state index contributed by atoms with van der Waals surface area (Å²) in [6.45, 7) is -1.85. The summed E-state index contributed by atoms with van der Waals surface area (Å²) in [7, 11) is 0. The molecule has 1 heterocycles. The molecule has 1 aliphatic carbocycles. The number of ether oxygens (including phenoxy) is 1. The zero-order valence-electron chi connectivity index (χ0n) is 14.6. The van der Waals surface area contributed by atoms with Gasteiger partial charge in [0.1, 0.15) is 0 Å². The molecule has 1 fully saturated rings. The molecule has 2 aromatic rings. The zero-order valence-corrected chi connectivity index (χ0v) is 14.6. The molecule has 0 atom stereocenters. The van der Waals surface area contributed by atoms with Crippen molar-refractivity contribution in [2.45, 2.75) is 31.5 Å². The Kier molecular flexibility index (Phi) is 5.76. The van der Waals surface area contributed by atoms with Crippen molar-refractivity contribution in [2.24, 2.45) is 0 Å². The predicted octanol–water partition coefficient (Wildman–Crippen LogP) is 2.29. The lowest BCUT2D eigenvalue weighted by Gasteiger charge is -2.10. The van der Waals surface area contributed by atoms with Gasteiger partial charge in [-0.15, -0.1) is 5.10 Å². The molecule has 0 saturated heterocycles. The predicted molar refractivity (Wildman–Crippen MR) is 90.2 cm³/mol. The van der Waals surface area contributed by atoms with Gasteiger partial charge in [0, 0.05) is 24.2 Å². The Morgan fingerprint density at radius 1 is 1.29 bits per heavy atom. The molecule has 0 unspecified atom stereocenters. The zero-order chi connectivity index (χ0) is 20.1. The highest BCUT2D eigenvalue weighted by Crippen LogP contribution is 2.36. The van der Waals surface area contributed by atoms with Gasteiger partial charge in [-0.05, 0) is 35.4 Å². The van der Waals surface area contributed by atoms with Crippen molar-refractivity contribution in [1.82, 2.24) is 25.5 Å². The topological polar surface area (TPSA) is 111 Å². The average Bonchev–Trinajstić information content (AvgIpc) is 3.36. The Morgan fingerprint density at radius 2 is 2.07 bits per heavy atom. The van der Waals surface area contributed by atoms with Crippen LogP contribution in [0.3, 0.4) is 0 Å². The minimum atomic E-state index is -4.60. The minimum Gasteiger partial charge on any atom is -0.440 e. The second kappa shape index (κ2) is 8.23. The van der Waals surface area contributed by atoms with E-state index in [9.17, 15) is 22.8 Å². The monoisotopic (exact) mass is 398 g/mol. The molecular weight excluding hydrogens is 381 g/mol. The number of nitrogens with one attached hydrogen (secondary N) is 2. The molecule has 9 nitrogen and oxygen atoms in total. The van der Waals surface area contributed by atoms with E-state index in [-0.39, 0.29) is 13.0 Å². The number of halogens is 3. The molecular formula is C16H17F3N6O3. The SMILES string of the molecule is O=C(CCNC(=O)OCC(F)(F)F)Nc1cccc(-c2nnnn2C2CC2)c1. The highest BCUT2D eigenvalue weighted by atomic mass is 19.4. The van der Waals surface area contributed by atoms with Crippen molar-refractivity contribution < 1.29 is 27.5 Å². The van der Waals surface area contributed by atoms with Crippen LogP contribution in [0.25, 0.3) is 11.4 Å². The van der Waals surface area contributed by atoms with Crippen LogP contribution < -0.4 is 10.6 Å². The molecule has 0 aliphatic heterocycles. The molecule has 0 bridgehead atoms. The molecule has 12 heteroatoms. The molecule has 28 heavy (non-hydrogen) atoms. The number of carbonyl (C=O) groups is 2. The van der Waals surface area contributed by atoms with Crippen molar-refractivity contribution in [1.29, 1.82) is 0 Å². The summed E-state index contributed by atoms with van der Waals surface area (Å²) >= 11 is 0. The van der Waals surface area contributed by atoms with Crippen LogP contribution in [-0.4, -0.2) is 51.5 Å². The maximum absolute atomic E-state index is 12.0. The van der Waals surface area contributed by atoms with Crippen molar-refractivity contribution in [3.63, 3.8) is 0 Å². The lowest BCUT2D eigenvalue weighted by atomic mass is 10.2. The third kappa shape index (κ3) is 5.66. The number of benzene rings is 1. The lowest BCUT2D eigenvalue weighted by molar-refractivity contribution is -0.160. The lowest BCUT2D eigenvalue weighted by Crippen LogP contribution is -2.31. The fraction of sp³-hybridized carbons (Fsp3) is 0.438. The Balaban J connectivity index is 1.48. The van der Waals surface area contributed by atoms with E-state index in [1.807, 2.05) is 6.07 Å². The van der Waals surface area contributed by atoms with Gasteiger partial charge in [-0.25, -0.2) is 9.48 Å². The van der Waals surface area contributed by atoms with Gasteiger partial charge in [0.15, 0.2) is 12.4 Å². The van der Waals surface area contributed by atoms with E-state index in [2.05, 4.69) is 30.9 Å². The Hall–Kier alpha value is -3.18. The first kappa shape index (κ1) is 19.6. The third-order valence-corrected chi connectivity index (χ3v) is 3.78. The van der Waals surface area contributed by atoms with Crippen LogP contribution in [-0.2, 0) is 9.53 Å². The van der Waals surface area contributed by atoms with Gasteiger partial charge < -0.3 is 15.4 Å². The number of alkyl halides is 3. The van der Waals surface area contributed by atoms with Gasteiger partial charge in [-0.1, -0.05) is 12.1 Å². The Labute approximate surface area is 157 Å². The van der Waals surface area contributed by atoms with Gasteiger partial charge in [-0.3, -0.25) is 4.79 Å². The maximum atomic E-state index is 12.0. The number of rotatable bonds is 7. The Bertz CT molecular complexity index is 850. The fourth-order valence-corrected chi connectivity index (χ4v) is 2.38. The van der Waals surface area contributed by atoms with E-state index in [4.69, 9.17) is 0 Å². The van der Waals surface area contributed by atoms with Crippen molar-refractivity contribution in [3.05, 3.63) is 24.3 Å². The van der Waals surface area contributed by atoms with Crippen LogP contribution in [0.4, 0.5) is 23.7 Å². The molecule has 3 rings (SSSR count). The molecule has 2 N–H and O–H groups in total. The van der Waals surface area contributed by atoms with Gasteiger partial charge in [0.25, 0.3) is 0 Å². The molecule has 1 aliphatic rings. The van der Waals surface area contributed by atoms with Crippen molar-refractivity contribution in [3.8, 4) is 11.4 Å². The van der Waals surface area contributed by atoms with Crippen LogP contribution in [0.15, 0.2) is 24.3 Å². The molecule has 0 radical (unpaired) electrons. The van der Waals surface area contributed by atoms with E-state index in [0.29, 0.717) is 17.6 Å². The van der Waals surface area contributed by atoms with Gasteiger partial charge in [-0.2, -0.15) is 13.2 Å². The second-order valence-electron chi connectivity index (χ2n) is 6.18. The number of nitrogens with zero attached hydrogens (tertiary/aromatic N) is 4. The molecule has 1 saturated carbocycles. The largest absolute Gasteiger partial charge is 0.440 e. The number of aromatic nitrogens is 4. The highest BCUT2D eigenvalue weighted by Gasteiger charge is 2.29. The normalized spacial score (nSPS) is 13.8. The quantitative estimate of drug-likeness (QED) is 0.740. The second-order valence-corrected chi connectivity index (χ2v) is 6.18. The average molecular weight is 398 g/mol. The summed E-state index contributed by atoms with van der Waals surface area (Å²) in [5.74, 6) is 0.183. The number of alkyl carbamates (subject to hydrolysis) is 1. The summed E-state index contributed by atoms with van der Waals surface area (Å²) in [6, 6.07) is 7.25. The molecule has 0 spiro atoms. The van der Waals surface area contributed by atoms with Crippen molar-refractivity contribution in [2.75, 3.05) is 18.5 Å². The van der Waals surface area contributed by atoms with E-state index >= 15 is 0 Å². The summed E-state index contributed by atoms with van der Waals surface area (Å²) in [5, 5.41) is 16.4. The number of carbonyl (C=O) groups excluding carboxylic acids is 2. The van der Waals surface area contributed by atoms with E-state index < -0.39 is 24.8 Å². The van der Waals surface area contributed by atoms with Crippen LogP contribution in [0.1, 0.15) is 25.3 Å². The number of anilines is 1. The van der Waals surface area contributed by atoms with Gasteiger partial charge >= 0.3 is 12.3 Å². The van der Waals surface area contributed by atoms with Gasteiger partial charge in [0.2, 0.25) is 5.91 Å². The number of tetrazole rings is 1. The summed E-state index contributed by atoms with van der Waals surface area (Å²) < 4.78 is 41.5. The number of hydrogen-bond donors (Lipinski definition) is 2. The summed E-state index contributed by atoms with van der Waals surface area (Å²) in [4.78, 5) is 23.1. The van der Waals surface area contributed by atoms with E-state index in [1.165, 1.54) is 0 Å². The summed E-state index contributed by atoms with van der Waals surface area (Å²) in [6.07, 6.45) is -3.93. The third-order valence-electron chi connectivity index (χ3n) is 3.78. The number of hydrogen-bond acceptors (Lipinski definition) is 6. The fourth-order valence-electron chi connectivity index (χ4n) is 2.38. The molecule has 150 valence electrons. The molecule has 1 aromatic heterocycles. The van der Waals surface area contributed by atoms with E-state index in [1.54, 1.807) is 22.9 Å². The molecule has 1 aromatic carbocycles. The van der Waals surface area contributed by atoms with Gasteiger partial charge in [0.05, 0.1) is 6.04 Å².